The number of halogens is 3. The fourth-order valence-corrected chi connectivity index (χ4v) is 5.39. The molecule has 0 saturated carbocycles. The second kappa shape index (κ2) is 9.27. The average molecular weight is 503 g/mol. The Bertz CT molecular complexity index is 1290. The Hall–Kier alpha value is -2.70. The number of alkyl halides is 3. The van der Waals surface area contributed by atoms with E-state index in [9.17, 15) is 31.5 Å². The first kappa shape index (κ1) is 24.9. The zero-order valence-electron chi connectivity index (χ0n) is 17.9. The van der Waals surface area contributed by atoms with Gasteiger partial charge in [-0.15, -0.1) is 11.3 Å². The molecule has 0 aliphatic heterocycles. The summed E-state index contributed by atoms with van der Waals surface area (Å²) in [5.41, 5.74) is -0.509. The van der Waals surface area contributed by atoms with Crippen LogP contribution in [0.25, 0.3) is 15.4 Å². The standard InChI is InChI=1S/C21H21F3N2O5S2/c1-4-31-19(28)10-17-25-20(21(22,23)24)12(2)26(17)18-8-7-15(32-18)13-5-6-14(11-27)16(9-13)33(3,29)30/h5-9,27H,4,10-11H2,1-3H3. The second-order valence-corrected chi connectivity index (χ2v) is 10.2. The van der Waals surface area contributed by atoms with Crippen molar-refractivity contribution in [2.45, 2.75) is 37.9 Å². The van der Waals surface area contributed by atoms with Crippen molar-refractivity contribution in [3.63, 3.8) is 0 Å². The minimum absolute atomic E-state index is 0.0291. The molecule has 0 radical (unpaired) electrons. The highest BCUT2D eigenvalue weighted by molar-refractivity contribution is 7.90. The van der Waals surface area contributed by atoms with E-state index in [0.29, 0.717) is 15.4 Å². The molecule has 0 spiro atoms. The zero-order chi connectivity index (χ0) is 24.6. The van der Waals surface area contributed by atoms with E-state index in [1.807, 2.05) is 0 Å². The van der Waals surface area contributed by atoms with Crippen molar-refractivity contribution >= 4 is 27.1 Å². The SMILES string of the molecule is CCOC(=O)Cc1nc(C(F)(F)F)c(C)n1-c1ccc(-c2ccc(CO)c(S(C)(=O)=O)c2)s1. The Labute approximate surface area is 192 Å². The highest BCUT2D eigenvalue weighted by Gasteiger charge is 2.38. The van der Waals surface area contributed by atoms with Gasteiger partial charge in [0.05, 0.1) is 23.8 Å². The Kier molecular flexibility index (Phi) is 7.01. The third kappa shape index (κ3) is 5.28. The van der Waals surface area contributed by atoms with Crippen LogP contribution in [0.15, 0.2) is 35.2 Å². The van der Waals surface area contributed by atoms with Crippen molar-refractivity contribution in [2.24, 2.45) is 0 Å². The molecule has 0 aliphatic rings. The zero-order valence-corrected chi connectivity index (χ0v) is 19.6. The second-order valence-electron chi connectivity index (χ2n) is 7.17. The number of esters is 1. The molecule has 0 saturated heterocycles. The van der Waals surface area contributed by atoms with Gasteiger partial charge in [-0.3, -0.25) is 9.36 Å². The lowest BCUT2D eigenvalue weighted by Gasteiger charge is -2.09. The molecular weight excluding hydrogens is 481 g/mol. The van der Waals surface area contributed by atoms with Gasteiger partial charge in [0.2, 0.25) is 0 Å². The lowest BCUT2D eigenvalue weighted by Crippen LogP contribution is -2.12. The molecule has 3 aromatic rings. The van der Waals surface area contributed by atoms with Crippen molar-refractivity contribution in [1.82, 2.24) is 9.55 Å². The monoisotopic (exact) mass is 502 g/mol. The highest BCUT2D eigenvalue weighted by atomic mass is 32.2. The summed E-state index contributed by atoms with van der Waals surface area (Å²) in [5, 5.41) is 9.81. The lowest BCUT2D eigenvalue weighted by molar-refractivity contribution is -0.143. The number of thiophene rings is 1. The average Bonchev–Trinajstić information content (AvgIpc) is 3.31. The van der Waals surface area contributed by atoms with Crippen molar-refractivity contribution < 1.29 is 36.2 Å². The normalized spacial score (nSPS) is 12.2. The molecule has 1 aromatic carbocycles. The van der Waals surface area contributed by atoms with E-state index in [-0.39, 0.29) is 28.6 Å². The predicted octanol–water partition coefficient (Wildman–Crippen LogP) is 3.93. The summed E-state index contributed by atoms with van der Waals surface area (Å²) in [7, 11) is -3.61. The Morgan fingerprint density at radius 2 is 1.94 bits per heavy atom. The molecule has 0 unspecified atom stereocenters. The maximum atomic E-state index is 13.5. The molecule has 2 aromatic heterocycles. The number of benzene rings is 1. The van der Waals surface area contributed by atoms with Gasteiger partial charge in [-0.05, 0) is 43.2 Å². The quantitative estimate of drug-likeness (QED) is 0.492. The lowest BCUT2D eigenvalue weighted by atomic mass is 10.1. The van der Waals surface area contributed by atoms with Crippen LogP contribution in [0.3, 0.4) is 0 Å². The van der Waals surface area contributed by atoms with Crippen LogP contribution in [0.1, 0.15) is 29.7 Å². The van der Waals surface area contributed by atoms with Crippen LogP contribution in [0.4, 0.5) is 13.2 Å². The van der Waals surface area contributed by atoms with Gasteiger partial charge in [-0.1, -0.05) is 12.1 Å². The molecule has 7 nitrogen and oxygen atoms in total. The Balaban J connectivity index is 2.11. The van der Waals surface area contributed by atoms with Crippen molar-refractivity contribution in [1.29, 1.82) is 0 Å². The molecule has 1 N–H and O–H groups in total. The topological polar surface area (TPSA) is 98.5 Å². The van der Waals surface area contributed by atoms with Gasteiger partial charge in [-0.2, -0.15) is 13.2 Å². The van der Waals surface area contributed by atoms with Crippen LogP contribution in [-0.4, -0.2) is 41.9 Å². The number of hydrogen-bond acceptors (Lipinski definition) is 7. The van der Waals surface area contributed by atoms with E-state index in [4.69, 9.17) is 4.74 Å². The Morgan fingerprint density at radius 3 is 2.52 bits per heavy atom. The summed E-state index contributed by atoms with van der Waals surface area (Å²) < 4.78 is 70.7. The van der Waals surface area contributed by atoms with Gasteiger partial charge >= 0.3 is 12.1 Å². The van der Waals surface area contributed by atoms with Crippen LogP contribution < -0.4 is 0 Å². The molecular formula is C21H21F3N2O5S2. The maximum Gasteiger partial charge on any atom is 0.435 e. The molecule has 0 aliphatic carbocycles. The van der Waals surface area contributed by atoms with Gasteiger partial charge < -0.3 is 9.84 Å². The summed E-state index contributed by atoms with van der Waals surface area (Å²) in [6.07, 6.45) is -4.12. The van der Waals surface area contributed by atoms with Crippen LogP contribution >= 0.6 is 11.3 Å². The first-order valence-corrected chi connectivity index (χ1v) is 12.4. The van der Waals surface area contributed by atoms with Crippen molar-refractivity contribution in [3.8, 4) is 15.4 Å². The van der Waals surface area contributed by atoms with E-state index in [0.717, 1.165) is 17.6 Å². The number of nitrogens with zero attached hydrogens (tertiary/aromatic N) is 2. The summed E-state index contributed by atoms with van der Waals surface area (Å²) in [6.45, 7) is 2.49. The molecule has 33 heavy (non-hydrogen) atoms. The maximum absolute atomic E-state index is 13.5. The predicted molar refractivity (Wildman–Crippen MR) is 116 cm³/mol. The van der Waals surface area contributed by atoms with E-state index >= 15 is 0 Å². The molecule has 3 rings (SSSR count). The number of sulfone groups is 1. The van der Waals surface area contributed by atoms with Gasteiger partial charge in [0.25, 0.3) is 0 Å². The number of aromatic nitrogens is 2. The largest absolute Gasteiger partial charge is 0.466 e. The number of ether oxygens (including phenoxy) is 1. The summed E-state index contributed by atoms with van der Waals surface area (Å²) in [4.78, 5) is 16.2. The third-order valence-electron chi connectivity index (χ3n) is 4.79. The first-order chi connectivity index (χ1) is 15.4. The summed E-state index contributed by atoms with van der Waals surface area (Å²) in [5.74, 6) is -0.814. The number of carbonyl (C=O) groups is 1. The number of hydrogen-bond donors (Lipinski definition) is 1. The van der Waals surface area contributed by atoms with Gasteiger partial charge in [0, 0.05) is 11.1 Å². The summed E-state index contributed by atoms with van der Waals surface area (Å²) >= 11 is 1.11. The molecule has 0 fully saturated rings. The molecule has 0 amide bonds. The third-order valence-corrected chi connectivity index (χ3v) is 7.09. The van der Waals surface area contributed by atoms with Crippen LogP contribution in [0.5, 0.6) is 0 Å². The number of carbonyl (C=O) groups excluding carboxylic acids is 1. The fourth-order valence-electron chi connectivity index (χ4n) is 3.37. The molecule has 178 valence electrons. The van der Waals surface area contributed by atoms with E-state index in [2.05, 4.69) is 4.98 Å². The molecule has 0 atom stereocenters. The molecule has 0 bridgehead atoms. The van der Waals surface area contributed by atoms with Crippen LogP contribution in [0, 0.1) is 6.92 Å². The number of imidazole rings is 1. The minimum Gasteiger partial charge on any atom is -0.466 e. The van der Waals surface area contributed by atoms with E-state index < -0.39 is 40.7 Å². The van der Waals surface area contributed by atoms with Gasteiger partial charge in [-0.25, -0.2) is 13.4 Å². The van der Waals surface area contributed by atoms with Gasteiger partial charge in [0.15, 0.2) is 15.5 Å². The number of rotatable bonds is 7. The smallest absolute Gasteiger partial charge is 0.435 e. The van der Waals surface area contributed by atoms with Crippen LogP contribution in [-0.2, 0) is 38.6 Å². The van der Waals surface area contributed by atoms with Crippen molar-refractivity contribution in [2.75, 3.05) is 12.9 Å². The number of aliphatic hydroxyl groups is 1. The van der Waals surface area contributed by atoms with E-state index in [1.165, 1.54) is 23.6 Å². The first-order valence-electron chi connectivity index (χ1n) is 9.72. The summed E-state index contributed by atoms with van der Waals surface area (Å²) in [6, 6.07) is 7.74. The van der Waals surface area contributed by atoms with Gasteiger partial charge in [0.1, 0.15) is 17.2 Å². The molecule has 12 heteroatoms. The fraction of sp³-hybridized carbons (Fsp3) is 0.333. The minimum atomic E-state index is -4.71. The number of aliphatic hydroxyl groups excluding tert-OH is 1. The highest BCUT2D eigenvalue weighted by Crippen LogP contribution is 2.37. The van der Waals surface area contributed by atoms with Crippen molar-refractivity contribution in [3.05, 3.63) is 53.1 Å². The van der Waals surface area contributed by atoms with Crippen LogP contribution in [0.2, 0.25) is 0 Å². The van der Waals surface area contributed by atoms with E-state index in [1.54, 1.807) is 25.1 Å². The molecule has 2 heterocycles. The Morgan fingerprint density at radius 1 is 1.24 bits per heavy atom.